The summed E-state index contributed by atoms with van der Waals surface area (Å²) in [6, 6.07) is 7.41. The Hall–Kier alpha value is -1.61. The first-order chi connectivity index (χ1) is 12.6. The standard InChI is InChI=1S/C17H23ClN4O3S/c1-12(16(23)19-8-10-24-2)26-17-21-20-15(22(17)9-11-25-3)13-4-6-14(18)7-5-13/h4-7,12H,8-11H2,1-3H3,(H,19,23)/t12-/m0/s1. The summed E-state index contributed by atoms with van der Waals surface area (Å²) in [4.78, 5) is 12.2. The second kappa shape index (κ2) is 10.5. The number of thioether (sulfide) groups is 1. The lowest BCUT2D eigenvalue weighted by atomic mass is 10.2. The molecule has 0 unspecified atom stereocenters. The number of rotatable bonds is 10. The van der Waals surface area contributed by atoms with Gasteiger partial charge in [0, 0.05) is 31.4 Å². The van der Waals surface area contributed by atoms with Gasteiger partial charge in [0.1, 0.15) is 0 Å². The molecule has 7 nitrogen and oxygen atoms in total. The highest BCUT2D eigenvalue weighted by atomic mass is 35.5. The second-order valence-electron chi connectivity index (χ2n) is 5.50. The molecule has 1 amide bonds. The Kier molecular flexibility index (Phi) is 8.37. The molecule has 0 aliphatic rings. The Morgan fingerprint density at radius 2 is 1.92 bits per heavy atom. The number of nitrogens with zero attached hydrogens (tertiary/aromatic N) is 3. The smallest absolute Gasteiger partial charge is 0.233 e. The van der Waals surface area contributed by atoms with E-state index in [1.807, 2.05) is 35.8 Å². The first kappa shape index (κ1) is 20.7. The SMILES string of the molecule is COCCNC(=O)[C@H](C)Sc1nnc(-c2ccc(Cl)cc2)n1CCOC. The number of carbonyl (C=O) groups excluding carboxylic acids is 1. The maximum Gasteiger partial charge on any atom is 0.233 e. The topological polar surface area (TPSA) is 78.3 Å². The summed E-state index contributed by atoms with van der Waals surface area (Å²) >= 11 is 7.32. The summed E-state index contributed by atoms with van der Waals surface area (Å²) in [5, 5.41) is 12.4. The van der Waals surface area contributed by atoms with Crippen molar-refractivity contribution in [2.45, 2.75) is 23.9 Å². The minimum absolute atomic E-state index is 0.0682. The molecule has 26 heavy (non-hydrogen) atoms. The summed E-state index contributed by atoms with van der Waals surface area (Å²) < 4.78 is 12.1. The normalized spacial score (nSPS) is 12.2. The summed E-state index contributed by atoms with van der Waals surface area (Å²) in [6.07, 6.45) is 0. The van der Waals surface area contributed by atoms with Crippen LogP contribution < -0.4 is 5.32 Å². The lowest BCUT2D eigenvalue weighted by Crippen LogP contribution is -2.33. The monoisotopic (exact) mass is 398 g/mol. The zero-order chi connectivity index (χ0) is 18.9. The van der Waals surface area contributed by atoms with Crippen molar-refractivity contribution in [2.24, 2.45) is 0 Å². The van der Waals surface area contributed by atoms with E-state index in [2.05, 4.69) is 15.5 Å². The van der Waals surface area contributed by atoms with Crippen molar-refractivity contribution in [3.63, 3.8) is 0 Å². The van der Waals surface area contributed by atoms with Gasteiger partial charge in [-0.3, -0.25) is 9.36 Å². The zero-order valence-electron chi connectivity index (χ0n) is 15.1. The average molecular weight is 399 g/mol. The number of aromatic nitrogens is 3. The van der Waals surface area contributed by atoms with Crippen molar-refractivity contribution in [2.75, 3.05) is 34.0 Å². The lowest BCUT2D eigenvalue weighted by Gasteiger charge is -2.13. The van der Waals surface area contributed by atoms with Crippen molar-refractivity contribution in [3.8, 4) is 11.4 Å². The van der Waals surface area contributed by atoms with E-state index in [-0.39, 0.29) is 11.2 Å². The number of methoxy groups -OCH3 is 2. The van der Waals surface area contributed by atoms with Crippen molar-refractivity contribution >= 4 is 29.3 Å². The van der Waals surface area contributed by atoms with Gasteiger partial charge in [-0.2, -0.15) is 0 Å². The van der Waals surface area contributed by atoms with E-state index in [4.69, 9.17) is 21.1 Å². The third-order valence-electron chi connectivity index (χ3n) is 3.60. The number of amides is 1. The molecule has 0 radical (unpaired) electrons. The molecule has 142 valence electrons. The van der Waals surface area contributed by atoms with Gasteiger partial charge in [-0.15, -0.1) is 10.2 Å². The van der Waals surface area contributed by atoms with Gasteiger partial charge in [-0.25, -0.2) is 0 Å². The van der Waals surface area contributed by atoms with Crippen LogP contribution in [-0.2, 0) is 20.8 Å². The molecule has 2 rings (SSSR count). The third-order valence-corrected chi connectivity index (χ3v) is 4.93. The highest BCUT2D eigenvalue weighted by Gasteiger charge is 2.20. The predicted octanol–water partition coefficient (Wildman–Crippen LogP) is 2.49. The van der Waals surface area contributed by atoms with Crippen LogP contribution in [0.2, 0.25) is 5.02 Å². The molecule has 1 atom stereocenters. The lowest BCUT2D eigenvalue weighted by molar-refractivity contribution is -0.120. The molecule has 1 aromatic carbocycles. The summed E-state index contributed by atoms with van der Waals surface area (Å²) in [5.74, 6) is 0.648. The van der Waals surface area contributed by atoms with Crippen LogP contribution in [0.1, 0.15) is 6.92 Å². The van der Waals surface area contributed by atoms with Gasteiger partial charge in [-0.1, -0.05) is 23.4 Å². The average Bonchev–Trinajstić information content (AvgIpc) is 3.03. The Morgan fingerprint density at radius 1 is 1.23 bits per heavy atom. The molecule has 0 bridgehead atoms. The van der Waals surface area contributed by atoms with Crippen LogP contribution in [0.3, 0.4) is 0 Å². The van der Waals surface area contributed by atoms with Crippen LogP contribution in [0.15, 0.2) is 29.4 Å². The molecule has 9 heteroatoms. The van der Waals surface area contributed by atoms with Gasteiger partial charge in [-0.05, 0) is 31.2 Å². The highest BCUT2D eigenvalue weighted by molar-refractivity contribution is 8.00. The summed E-state index contributed by atoms with van der Waals surface area (Å²) in [7, 11) is 3.24. The largest absolute Gasteiger partial charge is 0.383 e. The minimum Gasteiger partial charge on any atom is -0.383 e. The molecule has 1 heterocycles. The molecule has 0 spiro atoms. The molecule has 1 aromatic heterocycles. The Bertz CT molecular complexity index is 709. The van der Waals surface area contributed by atoms with Gasteiger partial charge < -0.3 is 14.8 Å². The highest BCUT2D eigenvalue weighted by Crippen LogP contribution is 2.27. The molecule has 1 N–H and O–H groups in total. The van der Waals surface area contributed by atoms with E-state index < -0.39 is 0 Å². The van der Waals surface area contributed by atoms with Crippen LogP contribution >= 0.6 is 23.4 Å². The van der Waals surface area contributed by atoms with E-state index >= 15 is 0 Å². The van der Waals surface area contributed by atoms with Crippen LogP contribution in [0.25, 0.3) is 11.4 Å². The van der Waals surface area contributed by atoms with Crippen molar-refractivity contribution in [3.05, 3.63) is 29.3 Å². The van der Waals surface area contributed by atoms with E-state index in [1.165, 1.54) is 11.8 Å². The van der Waals surface area contributed by atoms with Gasteiger partial charge in [0.25, 0.3) is 0 Å². The van der Waals surface area contributed by atoms with E-state index in [0.717, 1.165) is 5.56 Å². The van der Waals surface area contributed by atoms with Crippen LogP contribution in [-0.4, -0.2) is 59.9 Å². The fraction of sp³-hybridized carbons (Fsp3) is 0.471. The van der Waals surface area contributed by atoms with Crippen LogP contribution in [0.4, 0.5) is 0 Å². The minimum atomic E-state index is -0.310. The number of hydrogen-bond acceptors (Lipinski definition) is 6. The summed E-state index contributed by atoms with van der Waals surface area (Å²) in [5.41, 5.74) is 0.905. The second-order valence-corrected chi connectivity index (χ2v) is 7.25. The Labute approximate surface area is 162 Å². The Balaban J connectivity index is 2.17. The van der Waals surface area contributed by atoms with Gasteiger partial charge in [0.2, 0.25) is 5.91 Å². The van der Waals surface area contributed by atoms with Crippen LogP contribution in [0, 0.1) is 0 Å². The number of benzene rings is 1. The summed E-state index contributed by atoms with van der Waals surface area (Å²) in [6.45, 7) is 3.90. The molecule has 0 saturated carbocycles. The van der Waals surface area contributed by atoms with E-state index in [9.17, 15) is 4.79 Å². The first-order valence-electron chi connectivity index (χ1n) is 8.18. The predicted molar refractivity (Wildman–Crippen MR) is 103 cm³/mol. The van der Waals surface area contributed by atoms with E-state index in [1.54, 1.807) is 14.2 Å². The van der Waals surface area contributed by atoms with Crippen molar-refractivity contribution < 1.29 is 14.3 Å². The van der Waals surface area contributed by atoms with Gasteiger partial charge in [0.05, 0.1) is 25.0 Å². The molecular weight excluding hydrogens is 376 g/mol. The Morgan fingerprint density at radius 3 is 2.58 bits per heavy atom. The number of halogens is 1. The van der Waals surface area contributed by atoms with Crippen LogP contribution in [0.5, 0.6) is 0 Å². The fourth-order valence-corrected chi connectivity index (χ4v) is 3.23. The molecule has 0 aliphatic carbocycles. The van der Waals surface area contributed by atoms with E-state index in [0.29, 0.717) is 42.3 Å². The van der Waals surface area contributed by atoms with Crippen molar-refractivity contribution in [1.29, 1.82) is 0 Å². The molecule has 0 fully saturated rings. The third kappa shape index (κ3) is 5.70. The molecular formula is C17H23ClN4O3S. The molecule has 0 saturated heterocycles. The number of carbonyl (C=O) groups is 1. The quantitative estimate of drug-likeness (QED) is 0.489. The number of ether oxygens (including phenoxy) is 2. The van der Waals surface area contributed by atoms with Gasteiger partial charge in [0.15, 0.2) is 11.0 Å². The fourth-order valence-electron chi connectivity index (χ4n) is 2.20. The first-order valence-corrected chi connectivity index (χ1v) is 9.44. The molecule has 2 aromatic rings. The number of hydrogen-bond donors (Lipinski definition) is 1. The van der Waals surface area contributed by atoms with Crippen molar-refractivity contribution in [1.82, 2.24) is 20.1 Å². The maximum absolute atomic E-state index is 12.2. The maximum atomic E-state index is 12.2. The molecule has 0 aliphatic heterocycles. The number of nitrogens with one attached hydrogen (secondary N) is 1. The van der Waals surface area contributed by atoms with Gasteiger partial charge >= 0.3 is 0 Å². The zero-order valence-corrected chi connectivity index (χ0v) is 16.6.